The van der Waals surface area contributed by atoms with E-state index in [1.54, 1.807) is 12.1 Å². The van der Waals surface area contributed by atoms with Crippen molar-refractivity contribution in [3.63, 3.8) is 0 Å². The third-order valence-electron chi connectivity index (χ3n) is 5.40. The molecule has 0 bridgehead atoms. The number of carbonyl (C=O) groups is 3. The van der Waals surface area contributed by atoms with E-state index in [1.165, 1.54) is 13.2 Å². The summed E-state index contributed by atoms with van der Waals surface area (Å²) in [5, 5.41) is 0.237. The molecule has 1 saturated heterocycles. The van der Waals surface area contributed by atoms with Crippen LogP contribution in [0.15, 0.2) is 45.7 Å². The molecule has 7 nitrogen and oxygen atoms in total. The fraction of sp³-hybridized carbons (Fsp3) is 0.208. The Balaban J connectivity index is 1.61. The number of furan rings is 1. The van der Waals surface area contributed by atoms with E-state index in [9.17, 15) is 14.4 Å². The lowest BCUT2D eigenvalue weighted by molar-refractivity contribution is -0.123. The summed E-state index contributed by atoms with van der Waals surface area (Å²) in [7, 11) is 1.25. The van der Waals surface area contributed by atoms with Crippen LogP contribution < -0.4 is 0 Å². The molecule has 0 unspecified atom stereocenters. The number of ether oxygens (including phenoxy) is 1. The first kappa shape index (κ1) is 22.9. The van der Waals surface area contributed by atoms with Gasteiger partial charge in [0.1, 0.15) is 5.76 Å². The molecule has 2 aromatic heterocycles. The van der Waals surface area contributed by atoms with Gasteiger partial charge in [-0.1, -0.05) is 17.7 Å². The molecular formula is C24H21ClN2O5S. The van der Waals surface area contributed by atoms with Crippen LogP contribution in [-0.4, -0.2) is 33.7 Å². The van der Waals surface area contributed by atoms with Crippen LogP contribution in [-0.2, 0) is 16.1 Å². The van der Waals surface area contributed by atoms with Gasteiger partial charge in [0.25, 0.3) is 11.1 Å². The Morgan fingerprint density at radius 1 is 1.15 bits per heavy atom. The van der Waals surface area contributed by atoms with Crippen LogP contribution in [0, 0.1) is 20.8 Å². The Kier molecular flexibility index (Phi) is 6.23. The number of nitrogens with zero attached hydrogens (tertiary/aromatic N) is 2. The summed E-state index contributed by atoms with van der Waals surface area (Å²) >= 11 is 7.08. The molecule has 33 heavy (non-hydrogen) atoms. The molecule has 0 aliphatic carbocycles. The van der Waals surface area contributed by atoms with Gasteiger partial charge in [-0.25, -0.2) is 4.79 Å². The van der Waals surface area contributed by atoms with Crippen molar-refractivity contribution < 1.29 is 23.5 Å². The highest BCUT2D eigenvalue weighted by atomic mass is 35.5. The molecule has 1 fully saturated rings. The number of hydrogen-bond donors (Lipinski definition) is 0. The number of carbonyl (C=O) groups excluding carboxylic acids is 3. The molecular weight excluding hydrogens is 464 g/mol. The van der Waals surface area contributed by atoms with Gasteiger partial charge < -0.3 is 13.7 Å². The van der Waals surface area contributed by atoms with Crippen LogP contribution in [0.2, 0.25) is 5.02 Å². The first-order valence-corrected chi connectivity index (χ1v) is 11.3. The van der Waals surface area contributed by atoms with E-state index in [-0.39, 0.29) is 12.3 Å². The number of aryl methyl sites for hydroxylation is 2. The highest BCUT2D eigenvalue weighted by Crippen LogP contribution is 2.35. The molecule has 2 amide bonds. The summed E-state index contributed by atoms with van der Waals surface area (Å²) in [6, 6.07) is 10.7. The van der Waals surface area contributed by atoms with Gasteiger partial charge in [0.2, 0.25) is 5.76 Å². The third-order valence-corrected chi connectivity index (χ3v) is 6.55. The number of rotatable bonds is 5. The number of methoxy groups -OCH3 is 1. The lowest BCUT2D eigenvalue weighted by Gasteiger charge is -2.13. The van der Waals surface area contributed by atoms with Gasteiger partial charge in [-0.15, -0.1) is 0 Å². The summed E-state index contributed by atoms with van der Waals surface area (Å²) < 4.78 is 12.1. The minimum absolute atomic E-state index is 0.0127. The van der Waals surface area contributed by atoms with Gasteiger partial charge in [-0.3, -0.25) is 14.5 Å². The van der Waals surface area contributed by atoms with Gasteiger partial charge in [0.15, 0.2) is 0 Å². The maximum Gasteiger partial charge on any atom is 0.373 e. The van der Waals surface area contributed by atoms with Crippen molar-refractivity contribution in [3.8, 4) is 5.69 Å². The van der Waals surface area contributed by atoms with Gasteiger partial charge in [0, 0.05) is 22.1 Å². The monoisotopic (exact) mass is 484 g/mol. The molecule has 0 saturated carbocycles. The van der Waals surface area contributed by atoms with Crippen LogP contribution in [0.5, 0.6) is 0 Å². The minimum Gasteiger partial charge on any atom is -0.463 e. The van der Waals surface area contributed by atoms with E-state index in [4.69, 9.17) is 16.0 Å². The Morgan fingerprint density at radius 2 is 1.91 bits per heavy atom. The largest absolute Gasteiger partial charge is 0.463 e. The maximum atomic E-state index is 13.0. The number of halogens is 1. The van der Waals surface area contributed by atoms with Crippen LogP contribution in [0.3, 0.4) is 0 Å². The van der Waals surface area contributed by atoms with E-state index in [1.807, 2.05) is 45.0 Å². The van der Waals surface area contributed by atoms with Crippen molar-refractivity contribution in [1.29, 1.82) is 0 Å². The fourth-order valence-electron chi connectivity index (χ4n) is 3.73. The Labute approximate surface area is 199 Å². The van der Waals surface area contributed by atoms with E-state index >= 15 is 0 Å². The van der Waals surface area contributed by atoms with Crippen molar-refractivity contribution in [2.24, 2.45) is 0 Å². The van der Waals surface area contributed by atoms with Gasteiger partial charge in [-0.05, 0) is 80.1 Å². The summed E-state index contributed by atoms with van der Waals surface area (Å²) in [4.78, 5) is 38.5. The number of amides is 2. The second-order valence-corrected chi connectivity index (χ2v) is 9.05. The SMILES string of the molecule is COC(=O)c1ccc(CN2C(=O)S/C(=C/c3cc(C)n(-c4cc(Cl)ccc4C)c3C)C2=O)o1. The first-order valence-electron chi connectivity index (χ1n) is 10.1. The van der Waals surface area contributed by atoms with Crippen molar-refractivity contribution in [3.05, 3.63) is 80.4 Å². The molecule has 0 N–H and O–H groups in total. The maximum absolute atomic E-state index is 13.0. The Morgan fingerprint density at radius 3 is 2.64 bits per heavy atom. The topological polar surface area (TPSA) is 81.8 Å². The number of thioether (sulfide) groups is 1. The highest BCUT2D eigenvalue weighted by molar-refractivity contribution is 8.18. The zero-order valence-corrected chi connectivity index (χ0v) is 20.0. The van der Waals surface area contributed by atoms with Crippen molar-refractivity contribution in [2.75, 3.05) is 7.11 Å². The second kappa shape index (κ2) is 8.96. The van der Waals surface area contributed by atoms with Gasteiger partial charge >= 0.3 is 5.97 Å². The molecule has 4 rings (SSSR count). The second-order valence-electron chi connectivity index (χ2n) is 7.62. The molecule has 0 spiro atoms. The van der Waals surface area contributed by atoms with Crippen molar-refractivity contribution >= 4 is 46.6 Å². The van der Waals surface area contributed by atoms with Crippen LogP contribution >= 0.6 is 23.4 Å². The van der Waals surface area contributed by atoms with Crippen LogP contribution in [0.1, 0.15) is 38.8 Å². The first-order chi connectivity index (χ1) is 15.7. The number of esters is 1. The number of imide groups is 1. The predicted molar refractivity (Wildman–Crippen MR) is 127 cm³/mol. The van der Waals surface area contributed by atoms with Crippen LogP contribution in [0.25, 0.3) is 11.8 Å². The zero-order chi connectivity index (χ0) is 23.9. The molecule has 1 aliphatic heterocycles. The average molecular weight is 485 g/mol. The quantitative estimate of drug-likeness (QED) is 0.342. The van der Waals surface area contributed by atoms with Gasteiger partial charge in [-0.2, -0.15) is 0 Å². The van der Waals surface area contributed by atoms with E-state index in [0.29, 0.717) is 15.7 Å². The molecule has 1 aliphatic rings. The lowest BCUT2D eigenvalue weighted by atomic mass is 10.2. The Bertz CT molecular complexity index is 1320. The fourth-order valence-corrected chi connectivity index (χ4v) is 4.73. The smallest absolute Gasteiger partial charge is 0.373 e. The normalized spacial score (nSPS) is 15.1. The number of hydrogen-bond acceptors (Lipinski definition) is 6. The predicted octanol–water partition coefficient (Wildman–Crippen LogP) is 5.67. The molecule has 170 valence electrons. The molecule has 9 heteroatoms. The van der Waals surface area contributed by atoms with Gasteiger partial charge in [0.05, 0.1) is 18.6 Å². The molecule has 0 radical (unpaired) electrons. The highest BCUT2D eigenvalue weighted by Gasteiger charge is 2.36. The molecule has 1 aromatic carbocycles. The van der Waals surface area contributed by atoms with E-state index in [2.05, 4.69) is 9.30 Å². The lowest BCUT2D eigenvalue weighted by Crippen LogP contribution is -2.27. The number of aromatic nitrogens is 1. The summed E-state index contributed by atoms with van der Waals surface area (Å²) in [6.07, 6.45) is 1.73. The number of benzene rings is 1. The standard InChI is InChI=1S/C24H21ClN2O5S/c1-13-5-6-17(25)11-19(13)27-14(2)9-16(15(27)3)10-21-22(28)26(24(30)33-21)12-18-7-8-20(32-18)23(29)31-4/h5-11H,12H2,1-4H3/b21-10+. The molecule has 3 heterocycles. The van der Waals surface area contributed by atoms with E-state index < -0.39 is 17.1 Å². The average Bonchev–Trinajstić information content (AvgIpc) is 3.43. The summed E-state index contributed by atoms with van der Waals surface area (Å²) in [6.45, 7) is 5.88. The third kappa shape index (κ3) is 4.36. The Hall–Kier alpha value is -3.23. The summed E-state index contributed by atoms with van der Waals surface area (Å²) in [5.74, 6) is -0.710. The zero-order valence-electron chi connectivity index (χ0n) is 18.5. The molecule has 3 aromatic rings. The van der Waals surface area contributed by atoms with Crippen LogP contribution in [0.4, 0.5) is 4.79 Å². The van der Waals surface area contributed by atoms with Crippen molar-refractivity contribution in [2.45, 2.75) is 27.3 Å². The molecule has 0 atom stereocenters. The van der Waals surface area contributed by atoms with E-state index in [0.717, 1.165) is 44.9 Å². The van der Waals surface area contributed by atoms with Crippen molar-refractivity contribution in [1.82, 2.24) is 9.47 Å². The minimum atomic E-state index is -0.624. The summed E-state index contributed by atoms with van der Waals surface area (Å²) in [5.41, 5.74) is 4.78.